The third-order valence-electron chi connectivity index (χ3n) is 1.47. The van der Waals surface area contributed by atoms with Gasteiger partial charge in [0.25, 0.3) is 9.05 Å². The van der Waals surface area contributed by atoms with Gasteiger partial charge in [-0.3, -0.25) is 10.1 Å². The second kappa shape index (κ2) is 3.92. The molecule has 0 atom stereocenters. The predicted octanol–water partition coefficient (Wildman–Crippen LogP) is 2.31. The molecule has 1 aromatic rings. The molecule has 0 unspecified atom stereocenters. The van der Waals surface area contributed by atoms with Crippen LogP contribution < -0.4 is 0 Å². The normalized spacial score (nSPS) is 11.4. The maximum Gasteiger partial charge on any atom is 0.306 e. The highest BCUT2D eigenvalue weighted by molar-refractivity contribution is 8.13. The molecular formula is C6H2Cl2FNO4S. The Morgan fingerprint density at radius 2 is 1.93 bits per heavy atom. The lowest BCUT2D eigenvalue weighted by Crippen LogP contribution is -2.01. The largest absolute Gasteiger partial charge is 0.306 e. The smallest absolute Gasteiger partial charge is 0.258 e. The van der Waals surface area contributed by atoms with Crippen LogP contribution in [0.25, 0.3) is 0 Å². The number of hydrogen-bond donors (Lipinski definition) is 0. The van der Waals surface area contributed by atoms with Gasteiger partial charge in [0.05, 0.1) is 9.95 Å². The Hall–Kier alpha value is -0.920. The van der Waals surface area contributed by atoms with E-state index in [0.717, 1.165) is 12.1 Å². The lowest BCUT2D eigenvalue weighted by atomic mass is 10.3. The van der Waals surface area contributed by atoms with Crippen LogP contribution in [0.5, 0.6) is 0 Å². The Morgan fingerprint density at radius 1 is 1.40 bits per heavy atom. The zero-order valence-corrected chi connectivity index (χ0v) is 9.11. The van der Waals surface area contributed by atoms with Crippen molar-refractivity contribution in [3.05, 3.63) is 33.1 Å². The van der Waals surface area contributed by atoms with Crippen molar-refractivity contribution in [1.82, 2.24) is 0 Å². The molecule has 0 aromatic heterocycles. The standard InChI is InChI=1S/C6H2Cl2FNO4S/c7-3-1-2-4(10(11)12)5(9)6(3)15(8,13)14/h1-2H. The summed E-state index contributed by atoms with van der Waals surface area (Å²) in [6.45, 7) is 0. The summed E-state index contributed by atoms with van der Waals surface area (Å²) in [6, 6.07) is 1.64. The molecule has 15 heavy (non-hydrogen) atoms. The minimum Gasteiger partial charge on any atom is -0.258 e. The topological polar surface area (TPSA) is 77.3 Å². The van der Waals surface area contributed by atoms with Gasteiger partial charge in [-0.2, -0.15) is 4.39 Å². The number of benzene rings is 1. The van der Waals surface area contributed by atoms with Gasteiger partial charge in [0, 0.05) is 16.7 Å². The van der Waals surface area contributed by atoms with Crippen LogP contribution in [-0.4, -0.2) is 13.3 Å². The highest BCUT2D eigenvalue weighted by Crippen LogP contribution is 2.32. The van der Waals surface area contributed by atoms with Gasteiger partial charge in [0.2, 0.25) is 5.82 Å². The van der Waals surface area contributed by atoms with Gasteiger partial charge in [0.1, 0.15) is 4.90 Å². The summed E-state index contributed by atoms with van der Waals surface area (Å²) in [4.78, 5) is 8.14. The van der Waals surface area contributed by atoms with E-state index in [1.807, 2.05) is 0 Å². The second-order valence-electron chi connectivity index (χ2n) is 2.40. The second-order valence-corrected chi connectivity index (χ2v) is 5.31. The van der Waals surface area contributed by atoms with Crippen LogP contribution in [0.2, 0.25) is 5.02 Å². The molecule has 0 bridgehead atoms. The van der Waals surface area contributed by atoms with Crippen molar-refractivity contribution < 1.29 is 17.7 Å². The highest BCUT2D eigenvalue weighted by atomic mass is 35.7. The lowest BCUT2D eigenvalue weighted by molar-refractivity contribution is -0.387. The Bertz CT molecular complexity index is 530. The first-order chi connectivity index (χ1) is 6.75. The van der Waals surface area contributed by atoms with E-state index < -0.39 is 35.4 Å². The maximum atomic E-state index is 13.3. The molecule has 82 valence electrons. The van der Waals surface area contributed by atoms with Crippen molar-refractivity contribution in [3.8, 4) is 0 Å². The first-order valence-corrected chi connectivity index (χ1v) is 6.01. The minimum absolute atomic E-state index is 0.506. The molecule has 0 fully saturated rings. The van der Waals surface area contributed by atoms with E-state index >= 15 is 0 Å². The van der Waals surface area contributed by atoms with Crippen LogP contribution >= 0.6 is 22.3 Å². The van der Waals surface area contributed by atoms with Crippen LogP contribution in [-0.2, 0) is 9.05 Å². The van der Waals surface area contributed by atoms with Gasteiger partial charge >= 0.3 is 5.69 Å². The van der Waals surface area contributed by atoms with Gasteiger partial charge < -0.3 is 0 Å². The maximum absolute atomic E-state index is 13.3. The lowest BCUT2D eigenvalue weighted by Gasteiger charge is -2.01. The van der Waals surface area contributed by atoms with Crippen LogP contribution in [0.4, 0.5) is 10.1 Å². The van der Waals surface area contributed by atoms with Crippen molar-refractivity contribution in [3.63, 3.8) is 0 Å². The predicted molar refractivity (Wildman–Crippen MR) is 51.1 cm³/mol. The zero-order valence-electron chi connectivity index (χ0n) is 6.78. The monoisotopic (exact) mass is 273 g/mol. The summed E-state index contributed by atoms with van der Waals surface area (Å²) in [5.41, 5.74) is -1.00. The molecule has 0 aliphatic rings. The molecule has 0 saturated carbocycles. The average Bonchev–Trinajstić information content (AvgIpc) is 2.00. The van der Waals surface area contributed by atoms with E-state index in [-0.39, 0.29) is 0 Å². The summed E-state index contributed by atoms with van der Waals surface area (Å²) < 4.78 is 35.0. The molecule has 9 heteroatoms. The third kappa shape index (κ3) is 2.36. The molecule has 5 nitrogen and oxygen atoms in total. The number of nitrogens with zero attached hydrogens (tertiary/aromatic N) is 1. The molecule has 0 radical (unpaired) electrons. The van der Waals surface area contributed by atoms with E-state index in [0.29, 0.717) is 0 Å². The van der Waals surface area contributed by atoms with Crippen molar-refractivity contribution in [2.45, 2.75) is 4.90 Å². The van der Waals surface area contributed by atoms with Gasteiger partial charge in [0.15, 0.2) is 0 Å². The van der Waals surface area contributed by atoms with E-state index in [4.69, 9.17) is 22.3 Å². The van der Waals surface area contributed by atoms with Gasteiger partial charge in [-0.1, -0.05) is 11.6 Å². The molecule has 1 rings (SSSR count). The summed E-state index contributed by atoms with van der Waals surface area (Å²) in [7, 11) is 0.412. The van der Waals surface area contributed by atoms with Crippen LogP contribution in [0, 0.1) is 15.9 Å². The van der Waals surface area contributed by atoms with E-state index in [2.05, 4.69) is 0 Å². The van der Waals surface area contributed by atoms with Gasteiger partial charge in [-0.05, 0) is 6.07 Å². The zero-order chi connectivity index (χ0) is 11.8. The van der Waals surface area contributed by atoms with E-state index in [1.165, 1.54) is 0 Å². The van der Waals surface area contributed by atoms with Crippen molar-refractivity contribution in [1.29, 1.82) is 0 Å². The summed E-state index contributed by atoms with van der Waals surface area (Å²) >= 11 is 5.36. The summed E-state index contributed by atoms with van der Waals surface area (Å²) in [5.74, 6) is -1.57. The Kier molecular flexibility index (Phi) is 3.17. The molecule has 0 aliphatic carbocycles. The van der Waals surface area contributed by atoms with Gasteiger partial charge in [-0.25, -0.2) is 8.42 Å². The summed E-state index contributed by atoms with van der Waals surface area (Å²) in [5, 5.41) is 9.79. The SMILES string of the molecule is O=[N+]([O-])c1ccc(Cl)c(S(=O)(=O)Cl)c1F. The highest BCUT2D eigenvalue weighted by Gasteiger charge is 2.28. The summed E-state index contributed by atoms with van der Waals surface area (Å²) in [6.07, 6.45) is 0. The van der Waals surface area contributed by atoms with Crippen molar-refractivity contribution in [2.75, 3.05) is 0 Å². The number of nitro benzene ring substituents is 1. The Labute approximate surface area is 93.0 Å². The fourth-order valence-electron chi connectivity index (χ4n) is 0.887. The quantitative estimate of drug-likeness (QED) is 0.471. The molecule has 0 heterocycles. The van der Waals surface area contributed by atoms with Gasteiger partial charge in [-0.15, -0.1) is 0 Å². The first kappa shape index (κ1) is 12.2. The molecule has 0 aliphatic heterocycles. The van der Waals surface area contributed by atoms with E-state index in [1.54, 1.807) is 0 Å². The van der Waals surface area contributed by atoms with Crippen molar-refractivity contribution in [2.24, 2.45) is 0 Å². The van der Waals surface area contributed by atoms with Crippen LogP contribution in [0.1, 0.15) is 0 Å². The average molecular weight is 274 g/mol. The Balaban J connectivity index is 3.66. The number of rotatable bonds is 2. The molecule has 0 saturated heterocycles. The Morgan fingerprint density at radius 3 is 2.33 bits per heavy atom. The van der Waals surface area contributed by atoms with Crippen LogP contribution in [0.3, 0.4) is 0 Å². The fourth-order valence-corrected chi connectivity index (χ4v) is 2.53. The molecule has 0 N–H and O–H groups in total. The third-order valence-corrected chi connectivity index (χ3v) is 3.25. The number of halogens is 3. The minimum atomic E-state index is -4.46. The number of nitro groups is 1. The van der Waals surface area contributed by atoms with Crippen LogP contribution in [0.15, 0.2) is 17.0 Å². The molecule has 1 aromatic carbocycles. The molecule has 0 spiro atoms. The molecular weight excluding hydrogens is 272 g/mol. The fraction of sp³-hybridized carbons (Fsp3) is 0. The van der Waals surface area contributed by atoms with Crippen molar-refractivity contribution >= 4 is 37.0 Å². The van der Waals surface area contributed by atoms with E-state index in [9.17, 15) is 22.9 Å². The first-order valence-electron chi connectivity index (χ1n) is 3.32. The molecule has 0 amide bonds. The number of hydrogen-bond acceptors (Lipinski definition) is 4.